The van der Waals surface area contributed by atoms with Gasteiger partial charge in [0.1, 0.15) is 0 Å². The lowest BCUT2D eigenvalue weighted by Gasteiger charge is -2.21. The third-order valence-corrected chi connectivity index (χ3v) is 4.49. The molecule has 2 aromatic rings. The molecule has 0 aromatic carbocycles. The largest absolute Gasteiger partial charge is 0.382 e. The Morgan fingerprint density at radius 1 is 1.29 bits per heavy atom. The number of thiophene rings is 1. The van der Waals surface area contributed by atoms with Gasteiger partial charge in [-0.25, -0.2) is 0 Å². The lowest BCUT2D eigenvalue weighted by Crippen LogP contribution is -2.06. The molecule has 0 unspecified atom stereocenters. The van der Waals surface area contributed by atoms with Gasteiger partial charge < -0.3 is 5.73 Å². The Morgan fingerprint density at radius 3 is 2.82 bits per heavy atom. The molecule has 4 heteroatoms. The summed E-state index contributed by atoms with van der Waals surface area (Å²) in [7, 11) is 0. The summed E-state index contributed by atoms with van der Waals surface area (Å²) in [6.45, 7) is 0. The second kappa shape index (κ2) is 4.53. The van der Waals surface area contributed by atoms with Crippen LogP contribution in [-0.2, 0) is 0 Å². The molecule has 1 aliphatic rings. The molecule has 0 radical (unpaired) electrons. The number of H-pyrrole nitrogens is 1. The van der Waals surface area contributed by atoms with Gasteiger partial charge in [-0.2, -0.15) is 5.10 Å². The molecule has 0 aliphatic heterocycles. The lowest BCUT2D eigenvalue weighted by atomic mass is 9.85. The van der Waals surface area contributed by atoms with Crippen molar-refractivity contribution in [3.8, 4) is 10.4 Å². The first-order valence-corrected chi connectivity index (χ1v) is 7.12. The van der Waals surface area contributed by atoms with Gasteiger partial charge in [0.2, 0.25) is 0 Å². The number of nitrogen functional groups attached to an aromatic ring is 1. The highest BCUT2D eigenvalue weighted by atomic mass is 32.1. The third kappa shape index (κ3) is 1.97. The molecule has 1 saturated carbocycles. The first-order valence-electron chi connectivity index (χ1n) is 6.24. The molecule has 3 N–H and O–H groups in total. The predicted molar refractivity (Wildman–Crippen MR) is 72.1 cm³/mol. The molecule has 0 saturated heterocycles. The molecule has 17 heavy (non-hydrogen) atoms. The number of nitrogens with zero attached hydrogens (tertiary/aromatic N) is 1. The van der Waals surface area contributed by atoms with Crippen molar-refractivity contribution in [2.45, 2.75) is 38.0 Å². The van der Waals surface area contributed by atoms with Gasteiger partial charge in [0.25, 0.3) is 0 Å². The highest BCUT2D eigenvalue weighted by Crippen LogP contribution is 2.40. The van der Waals surface area contributed by atoms with Crippen LogP contribution in [0.3, 0.4) is 0 Å². The van der Waals surface area contributed by atoms with E-state index in [1.165, 1.54) is 42.7 Å². The number of rotatable bonds is 2. The van der Waals surface area contributed by atoms with Crippen molar-refractivity contribution < 1.29 is 0 Å². The van der Waals surface area contributed by atoms with Crippen LogP contribution in [0.2, 0.25) is 0 Å². The minimum absolute atomic E-state index is 0.616. The molecule has 0 amide bonds. The normalized spacial score (nSPS) is 17.4. The smallest absolute Gasteiger partial charge is 0.154 e. The van der Waals surface area contributed by atoms with Crippen molar-refractivity contribution >= 4 is 17.2 Å². The maximum Gasteiger partial charge on any atom is 0.154 e. The second-order valence-electron chi connectivity index (χ2n) is 4.71. The minimum atomic E-state index is 0.616. The summed E-state index contributed by atoms with van der Waals surface area (Å²) in [5.41, 5.74) is 8.40. The zero-order valence-corrected chi connectivity index (χ0v) is 10.6. The maximum absolute atomic E-state index is 6.00. The van der Waals surface area contributed by atoms with Crippen molar-refractivity contribution in [3.63, 3.8) is 0 Å². The van der Waals surface area contributed by atoms with Gasteiger partial charge >= 0.3 is 0 Å². The van der Waals surface area contributed by atoms with Gasteiger partial charge in [-0.15, -0.1) is 11.3 Å². The summed E-state index contributed by atoms with van der Waals surface area (Å²) < 4.78 is 0. The fraction of sp³-hybridized carbons (Fsp3) is 0.462. The van der Waals surface area contributed by atoms with Crippen molar-refractivity contribution in [2.75, 3.05) is 5.73 Å². The zero-order chi connectivity index (χ0) is 11.7. The van der Waals surface area contributed by atoms with E-state index < -0.39 is 0 Å². The maximum atomic E-state index is 6.00. The van der Waals surface area contributed by atoms with Crippen molar-refractivity contribution in [1.82, 2.24) is 10.2 Å². The second-order valence-corrected chi connectivity index (χ2v) is 5.66. The van der Waals surface area contributed by atoms with E-state index in [0.717, 1.165) is 5.56 Å². The SMILES string of the molecule is Nc1n[nH]c(C2CCCCC2)c1-c1cccs1. The van der Waals surface area contributed by atoms with Gasteiger partial charge in [-0.1, -0.05) is 25.3 Å². The zero-order valence-electron chi connectivity index (χ0n) is 9.78. The average molecular weight is 247 g/mol. The minimum Gasteiger partial charge on any atom is -0.382 e. The van der Waals surface area contributed by atoms with Gasteiger partial charge in [-0.3, -0.25) is 5.10 Å². The molecule has 3 nitrogen and oxygen atoms in total. The van der Waals surface area contributed by atoms with E-state index in [1.54, 1.807) is 11.3 Å². The Kier molecular flexibility index (Phi) is 2.89. The van der Waals surface area contributed by atoms with Crippen LogP contribution in [0.5, 0.6) is 0 Å². The van der Waals surface area contributed by atoms with Gasteiger partial charge in [0.15, 0.2) is 5.82 Å². The Labute approximate surface area is 105 Å². The molecule has 2 aromatic heterocycles. The first kappa shape index (κ1) is 10.8. The molecule has 1 aliphatic carbocycles. The fourth-order valence-electron chi connectivity index (χ4n) is 2.74. The Bertz CT molecular complexity index is 481. The highest BCUT2D eigenvalue weighted by molar-refractivity contribution is 7.13. The summed E-state index contributed by atoms with van der Waals surface area (Å²) in [6, 6.07) is 4.19. The van der Waals surface area contributed by atoms with Crippen molar-refractivity contribution in [1.29, 1.82) is 0 Å². The van der Waals surface area contributed by atoms with E-state index in [4.69, 9.17) is 5.73 Å². The molecule has 3 rings (SSSR count). The van der Waals surface area contributed by atoms with Crippen LogP contribution in [-0.4, -0.2) is 10.2 Å². The van der Waals surface area contributed by atoms with Crippen LogP contribution in [0.4, 0.5) is 5.82 Å². The monoisotopic (exact) mass is 247 g/mol. The third-order valence-electron chi connectivity index (χ3n) is 3.60. The number of aromatic amines is 1. The van der Waals surface area contributed by atoms with Crippen LogP contribution in [0, 0.1) is 0 Å². The van der Waals surface area contributed by atoms with E-state index in [2.05, 4.69) is 27.7 Å². The summed E-state index contributed by atoms with van der Waals surface area (Å²) in [5.74, 6) is 1.26. The standard InChI is InChI=1S/C13H17N3S/c14-13-11(10-7-4-8-17-10)12(15-16-13)9-5-2-1-3-6-9/h4,7-9H,1-3,5-6H2,(H3,14,15,16). The number of hydrogen-bond donors (Lipinski definition) is 2. The van der Waals surface area contributed by atoms with E-state index in [1.807, 2.05) is 0 Å². The Balaban J connectivity index is 1.99. The number of nitrogens with two attached hydrogens (primary N) is 1. The van der Waals surface area contributed by atoms with E-state index in [0.29, 0.717) is 11.7 Å². The molecule has 1 fully saturated rings. The van der Waals surface area contributed by atoms with E-state index >= 15 is 0 Å². The lowest BCUT2D eigenvalue weighted by molar-refractivity contribution is 0.437. The van der Waals surface area contributed by atoms with Crippen LogP contribution in [0.25, 0.3) is 10.4 Å². The molecule has 0 atom stereocenters. The van der Waals surface area contributed by atoms with Gasteiger partial charge in [0, 0.05) is 16.5 Å². The highest BCUT2D eigenvalue weighted by Gasteiger charge is 2.23. The summed E-state index contributed by atoms with van der Waals surface area (Å²) in [6.07, 6.45) is 6.55. The Morgan fingerprint density at radius 2 is 2.12 bits per heavy atom. The molecular formula is C13H17N3S. The molecule has 0 spiro atoms. The average Bonchev–Trinajstić information content (AvgIpc) is 2.99. The summed E-state index contributed by atoms with van der Waals surface area (Å²) >= 11 is 1.73. The first-order chi connectivity index (χ1) is 8.36. The van der Waals surface area contributed by atoms with Crippen molar-refractivity contribution in [3.05, 3.63) is 23.2 Å². The topological polar surface area (TPSA) is 54.7 Å². The van der Waals surface area contributed by atoms with Gasteiger partial charge in [-0.05, 0) is 24.3 Å². The van der Waals surface area contributed by atoms with Crippen LogP contribution >= 0.6 is 11.3 Å². The number of hydrogen-bond acceptors (Lipinski definition) is 3. The van der Waals surface area contributed by atoms with Crippen molar-refractivity contribution in [2.24, 2.45) is 0 Å². The van der Waals surface area contributed by atoms with E-state index in [9.17, 15) is 0 Å². The van der Waals surface area contributed by atoms with Crippen LogP contribution < -0.4 is 5.73 Å². The summed E-state index contributed by atoms with van der Waals surface area (Å²) in [4.78, 5) is 1.23. The van der Waals surface area contributed by atoms with Crippen LogP contribution in [0.15, 0.2) is 17.5 Å². The number of anilines is 1. The quantitative estimate of drug-likeness (QED) is 0.848. The Hall–Kier alpha value is -1.29. The van der Waals surface area contributed by atoms with Crippen LogP contribution in [0.1, 0.15) is 43.7 Å². The molecule has 2 heterocycles. The number of nitrogens with one attached hydrogen (secondary N) is 1. The van der Waals surface area contributed by atoms with E-state index in [-0.39, 0.29) is 0 Å². The molecular weight excluding hydrogens is 230 g/mol. The van der Waals surface area contributed by atoms with Gasteiger partial charge in [0.05, 0.1) is 5.56 Å². The molecule has 90 valence electrons. The molecule has 0 bridgehead atoms. The predicted octanol–water partition coefficient (Wildman–Crippen LogP) is 3.77. The number of aromatic nitrogens is 2. The fourth-order valence-corrected chi connectivity index (χ4v) is 3.53. The summed E-state index contributed by atoms with van der Waals surface area (Å²) in [5, 5.41) is 9.46.